The molecule has 29 heavy (non-hydrogen) atoms. The molecule has 0 bridgehead atoms. The summed E-state index contributed by atoms with van der Waals surface area (Å²) in [5.74, 6) is 0.0156. The highest BCUT2D eigenvalue weighted by atomic mass is 35.5. The van der Waals surface area contributed by atoms with E-state index in [9.17, 15) is 4.79 Å². The van der Waals surface area contributed by atoms with Crippen molar-refractivity contribution < 1.29 is 4.79 Å². The Bertz CT molecular complexity index is 964. The Morgan fingerprint density at radius 3 is 2.03 bits per heavy atom. The second kappa shape index (κ2) is 8.81. The number of amides is 1. The van der Waals surface area contributed by atoms with E-state index in [1.54, 1.807) is 12.1 Å². The molecule has 0 saturated carbocycles. The van der Waals surface area contributed by atoms with Crippen molar-refractivity contribution in [1.82, 2.24) is 9.80 Å². The lowest BCUT2D eigenvalue weighted by atomic mass is 9.95. The van der Waals surface area contributed by atoms with Crippen LogP contribution >= 0.6 is 11.6 Å². The number of rotatable bonds is 4. The van der Waals surface area contributed by atoms with Crippen molar-refractivity contribution in [1.29, 1.82) is 0 Å². The number of carbonyl (C=O) groups excluding carboxylic acids is 1. The predicted molar refractivity (Wildman–Crippen MR) is 118 cm³/mol. The second-order valence-electron chi connectivity index (χ2n) is 7.53. The van der Waals surface area contributed by atoms with Crippen molar-refractivity contribution in [2.24, 2.45) is 0 Å². The normalized spacial score (nSPS) is 15.9. The van der Waals surface area contributed by atoms with Crippen LogP contribution in [0.4, 0.5) is 0 Å². The van der Waals surface area contributed by atoms with Crippen LogP contribution in [-0.4, -0.2) is 41.9 Å². The highest BCUT2D eigenvalue weighted by molar-refractivity contribution is 6.33. The third kappa shape index (κ3) is 4.36. The lowest BCUT2D eigenvalue weighted by Gasteiger charge is -2.40. The van der Waals surface area contributed by atoms with Gasteiger partial charge in [0.1, 0.15) is 0 Å². The minimum atomic E-state index is 0.0156. The molecule has 1 heterocycles. The van der Waals surface area contributed by atoms with E-state index in [4.69, 9.17) is 11.6 Å². The van der Waals surface area contributed by atoms with Crippen molar-refractivity contribution >= 4 is 17.5 Å². The van der Waals surface area contributed by atoms with E-state index < -0.39 is 0 Å². The zero-order chi connectivity index (χ0) is 20.2. The molecule has 0 spiro atoms. The molecule has 3 aromatic rings. The fourth-order valence-electron chi connectivity index (χ4n) is 3.99. The van der Waals surface area contributed by atoms with E-state index in [0.29, 0.717) is 23.7 Å². The molecule has 148 valence electrons. The summed E-state index contributed by atoms with van der Waals surface area (Å²) in [7, 11) is 0. The topological polar surface area (TPSA) is 23.6 Å². The van der Waals surface area contributed by atoms with Crippen molar-refractivity contribution in [3.63, 3.8) is 0 Å². The Hall–Kier alpha value is -2.62. The van der Waals surface area contributed by atoms with Crippen LogP contribution < -0.4 is 0 Å². The Balaban J connectivity index is 1.53. The zero-order valence-corrected chi connectivity index (χ0v) is 17.3. The third-order valence-corrected chi connectivity index (χ3v) is 5.91. The van der Waals surface area contributed by atoms with E-state index in [1.807, 2.05) is 17.0 Å². The van der Waals surface area contributed by atoms with Gasteiger partial charge >= 0.3 is 0 Å². The summed E-state index contributed by atoms with van der Waals surface area (Å²) in [6.07, 6.45) is 0. The first-order valence-electron chi connectivity index (χ1n) is 10.0. The van der Waals surface area contributed by atoms with Crippen molar-refractivity contribution in [3.8, 4) is 0 Å². The van der Waals surface area contributed by atoms with Crippen molar-refractivity contribution in [2.45, 2.75) is 13.0 Å². The molecule has 0 aliphatic carbocycles. The predicted octanol–water partition coefficient (Wildman–Crippen LogP) is 5.20. The third-order valence-electron chi connectivity index (χ3n) is 5.58. The van der Waals surface area contributed by atoms with Crippen LogP contribution in [0.5, 0.6) is 0 Å². The average molecular weight is 405 g/mol. The summed E-state index contributed by atoms with van der Waals surface area (Å²) in [6, 6.07) is 26.8. The molecule has 1 atom stereocenters. The Labute approximate surface area is 177 Å². The smallest absolute Gasteiger partial charge is 0.255 e. The van der Waals surface area contributed by atoms with Crippen LogP contribution in [0, 0.1) is 6.92 Å². The number of aryl methyl sites for hydroxylation is 1. The molecule has 4 rings (SSSR count). The van der Waals surface area contributed by atoms with Gasteiger partial charge in [0, 0.05) is 26.2 Å². The standard InChI is InChI=1S/C25H25ClN2O/c1-19-11-13-21(14-12-19)24(20-7-3-2-4-8-20)27-15-17-28(18-16-27)25(29)22-9-5-6-10-23(22)26/h2-14,24H,15-18H2,1H3/t24-/m1/s1. The van der Waals surface area contributed by atoms with Gasteiger partial charge in [-0.05, 0) is 30.2 Å². The summed E-state index contributed by atoms with van der Waals surface area (Å²) in [5.41, 5.74) is 4.41. The lowest BCUT2D eigenvalue weighted by Crippen LogP contribution is -2.49. The number of nitrogens with zero attached hydrogens (tertiary/aromatic N) is 2. The van der Waals surface area contributed by atoms with E-state index in [1.165, 1.54) is 16.7 Å². The van der Waals surface area contributed by atoms with Gasteiger partial charge in [0.15, 0.2) is 0 Å². The van der Waals surface area contributed by atoms with Crippen LogP contribution in [0.25, 0.3) is 0 Å². The van der Waals surface area contributed by atoms with Crippen LogP contribution in [0.2, 0.25) is 5.02 Å². The van der Waals surface area contributed by atoms with E-state index in [-0.39, 0.29) is 11.9 Å². The van der Waals surface area contributed by atoms with Crippen LogP contribution in [-0.2, 0) is 0 Å². The van der Waals surface area contributed by atoms with Crippen LogP contribution in [0.1, 0.15) is 33.1 Å². The summed E-state index contributed by atoms with van der Waals surface area (Å²) in [6.45, 7) is 5.15. The number of piperazine rings is 1. The monoisotopic (exact) mass is 404 g/mol. The quantitative estimate of drug-likeness (QED) is 0.597. The van der Waals surface area contributed by atoms with Gasteiger partial charge < -0.3 is 4.90 Å². The van der Waals surface area contributed by atoms with E-state index in [0.717, 1.165) is 13.1 Å². The van der Waals surface area contributed by atoms with Gasteiger partial charge in [0.25, 0.3) is 5.91 Å². The molecule has 4 heteroatoms. The molecule has 0 unspecified atom stereocenters. The van der Waals surface area contributed by atoms with Gasteiger partial charge in [0.05, 0.1) is 16.6 Å². The molecule has 3 nitrogen and oxygen atoms in total. The lowest BCUT2D eigenvalue weighted by molar-refractivity contribution is 0.0597. The molecular weight excluding hydrogens is 380 g/mol. The first-order valence-corrected chi connectivity index (χ1v) is 10.4. The molecule has 3 aromatic carbocycles. The van der Waals surface area contributed by atoms with Crippen LogP contribution in [0.15, 0.2) is 78.9 Å². The van der Waals surface area contributed by atoms with Gasteiger partial charge in [-0.1, -0.05) is 83.9 Å². The first-order chi connectivity index (χ1) is 14.1. The Kier molecular flexibility index (Phi) is 5.98. The number of benzene rings is 3. The van der Waals surface area contributed by atoms with Crippen molar-refractivity contribution in [3.05, 3.63) is 106 Å². The number of hydrogen-bond donors (Lipinski definition) is 0. The fraction of sp³-hybridized carbons (Fsp3) is 0.240. The van der Waals surface area contributed by atoms with Gasteiger partial charge in [-0.3, -0.25) is 9.69 Å². The average Bonchev–Trinajstić information content (AvgIpc) is 2.76. The highest BCUT2D eigenvalue weighted by Crippen LogP contribution is 2.30. The summed E-state index contributed by atoms with van der Waals surface area (Å²) in [4.78, 5) is 17.3. The second-order valence-corrected chi connectivity index (χ2v) is 7.94. The molecule has 1 amide bonds. The maximum absolute atomic E-state index is 12.9. The summed E-state index contributed by atoms with van der Waals surface area (Å²) >= 11 is 6.23. The summed E-state index contributed by atoms with van der Waals surface area (Å²) < 4.78 is 0. The molecule has 0 aromatic heterocycles. The van der Waals surface area contributed by atoms with Gasteiger partial charge in [-0.25, -0.2) is 0 Å². The largest absolute Gasteiger partial charge is 0.336 e. The molecule has 1 aliphatic heterocycles. The molecule has 0 radical (unpaired) electrons. The maximum Gasteiger partial charge on any atom is 0.255 e. The molecular formula is C25H25ClN2O. The molecule has 0 N–H and O–H groups in total. The maximum atomic E-state index is 12.9. The highest BCUT2D eigenvalue weighted by Gasteiger charge is 2.29. The van der Waals surface area contributed by atoms with Crippen molar-refractivity contribution in [2.75, 3.05) is 26.2 Å². The van der Waals surface area contributed by atoms with Crippen LogP contribution in [0.3, 0.4) is 0 Å². The van der Waals surface area contributed by atoms with Gasteiger partial charge in [-0.2, -0.15) is 0 Å². The van der Waals surface area contributed by atoms with Gasteiger partial charge in [0.2, 0.25) is 0 Å². The Morgan fingerprint density at radius 2 is 1.38 bits per heavy atom. The fourth-order valence-corrected chi connectivity index (χ4v) is 4.20. The summed E-state index contributed by atoms with van der Waals surface area (Å²) in [5, 5.41) is 0.516. The molecule has 1 aliphatic rings. The number of carbonyl (C=O) groups is 1. The van der Waals surface area contributed by atoms with E-state index in [2.05, 4.69) is 66.4 Å². The number of hydrogen-bond acceptors (Lipinski definition) is 2. The molecule has 1 fully saturated rings. The van der Waals surface area contributed by atoms with E-state index >= 15 is 0 Å². The SMILES string of the molecule is Cc1ccc([C@@H](c2ccccc2)N2CCN(C(=O)c3ccccc3Cl)CC2)cc1. The zero-order valence-electron chi connectivity index (χ0n) is 16.6. The minimum Gasteiger partial charge on any atom is -0.336 e. The Morgan fingerprint density at radius 1 is 0.793 bits per heavy atom. The first kappa shape index (κ1) is 19.7. The van der Waals surface area contributed by atoms with Gasteiger partial charge in [-0.15, -0.1) is 0 Å². The number of halogens is 1. The minimum absolute atomic E-state index is 0.0156. The molecule has 1 saturated heterocycles.